The van der Waals surface area contributed by atoms with E-state index in [1.165, 1.54) is 29.0 Å². The second-order valence-corrected chi connectivity index (χ2v) is 20.7. The van der Waals surface area contributed by atoms with Gasteiger partial charge in [0.25, 0.3) is 11.1 Å². The van der Waals surface area contributed by atoms with Crippen LogP contribution in [-0.4, -0.2) is 119 Å². The molecule has 4 aromatic heterocycles. The number of nitrogen functional groups attached to an aromatic ring is 1. The Hall–Kier alpha value is -4.95. The predicted molar refractivity (Wildman–Crippen MR) is 276 cm³/mol. The number of hydrogen-bond acceptors (Lipinski definition) is 14. The third kappa shape index (κ3) is 11.9. The van der Waals surface area contributed by atoms with Crippen molar-refractivity contribution in [3.63, 3.8) is 0 Å². The Balaban J connectivity index is 0.000000177. The van der Waals surface area contributed by atoms with Gasteiger partial charge in [-0.3, -0.25) is 18.7 Å². The Morgan fingerprint density at radius 2 is 1.05 bits per heavy atom. The fraction of sp³-hybridized carbons (Fsp3) is 0.447. The molecule has 0 amide bonds. The van der Waals surface area contributed by atoms with Crippen LogP contribution in [0.3, 0.4) is 0 Å². The summed E-state index contributed by atoms with van der Waals surface area (Å²) >= 11 is 6.60. The van der Waals surface area contributed by atoms with Gasteiger partial charge in [-0.15, -0.1) is 0 Å². The van der Waals surface area contributed by atoms with Crippen molar-refractivity contribution in [3.8, 4) is 0 Å². The lowest BCUT2D eigenvalue weighted by Crippen LogP contribution is -2.46. The Labute approximate surface area is 404 Å². The molecule has 2 aliphatic heterocycles. The van der Waals surface area contributed by atoms with Crippen LogP contribution in [0.5, 0.6) is 0 Å². The summed E-state index contributed by atoms with van der Waals surface area (Å²) < 4.78 is 27.4. The van der Waals surface area contributed by atoms with Gasteiger partial charge < -0.3 is 30.7 Å². The van der Waals surface area contributed by atoms with E-state index in [1.807, 2.05) is 52.8 Å². The molecule has 2 aliphatic rings. The van der Waals surface area contributed by atoms with Gasteiger partial charge in [-0.2, -0.15) is 9.97 Å². The van der Waals surface area contributed by atoms with Crippen LogP contribution in [0.2, 0.25) is 0 Å². The maximum absolute atomic E-state index is 12.7. The van der Waals surface area contributed by atoms with E-state index in [4.69, 9.17) is 5.73 Å². The van der Waals surface area contributed by atoms with Crippen LogP contribution in [-0.2, 0) is 9.84 Å². The first kappa shape index (κ1) is 50.5. The van der Waals surface area contributed by atoms with E-state index in [1.54, 1.807) is 17.6 Å². The second kappa shape index (κ2) is 21.8. The third-order valence-corrected chi connectivity index (χ3v) is 13.8. The number of halogens is 2. The first-order valence-corrected chi connectivity index (χ1v) is 25.8. The van der Waals surface area contributed by atoms with Gasteiger partial charge in [0.05, 0.1) is 20.3 Å². The number of likely N-dealkylation sites (N-methyl/N-ethyl adjacent to an activating group) is 2. The number of anilines is 5. The summed E-state index contributed by atoms with van der Waals surface area (Å²) in [6, 6.07) is 19.8. The summed E-state index contributed by atoms with van der Waals surface area (Å²) in [6.07, 6.45) is 1.05. The highest BCUT2D eigenvalue weighted by atomic mass is 79.9. The molecule has 8 rings (SSSR count). The number of pyridine rings is 2. The van der Waals surface area contributed by atoms with Gasteiger partial charge in [0.1, 0.15) is 11.3 Å². The molecule has 6 heterocycles. The van der Waals surface area contributed by atoms with Gasteiger partial charge in [0.15, 0.2) is 0 Å². The summed E-state index contributed by atoms with van der Waals surface area (Å²) in [7, 11) is -3.53. The molecular weight excluding hydrogens is 988 g/mol. The first-order valence-electron chi connectivity index (χ1n) is 22.4. The molecule has 19 heteroatoms. The van der Waals surface area contributed by atoms with Crippen molar-refractivity contribution >= 4 is 92.5 Å². The minimum Gasteiger partial charge on any atom is -0.399 e. The molecule has 2 saturated heterocycles. The average Bonchev–Trinajstić information content (AvgIpc) is 3.28. The molecule has 0 unspecified atom stereocenters. The maximum atomic E-state index is 12.7. The minimum absolute atomic E-state index is 0.0119. The number of nitrogens with two attached hydrogens (primary N) is 1. The molecule has 16 nitrogen and oxygen atoms in total. The number of aryl methyl sites for hydroxylation is 2. The quantitative estimate of drug-likeness (QED) is 0.107. The second-order valence-electron chi connectivity index (χ2n) is 17.1. The van der Waals surface area contributed by atoms with Crippen molar-refractivity contribution in [2.45, 2.75) is 72.6 Å². The largest absolute Gasteiger partial charge is 0.399 e. The van der Waals surface area contributed by atoms with Crippen molar-refractivity contribution < 1.29 is 8.42 Å². The molecule has 0 radical (unpaired) electrons. The lowest BCUT2D eigenvalue weighted by molar-refractivity contribution is 0.271. The van der Waals surface area contributed by atoms with Crippen molar-refractivity contribution in [1.29, 1.82) is 0 Å². The number of aromatic nitrogens is 6. The molecule has 3 N–H and O–H groups in total. The van der Waals surface area contributed by atoms with Gasteiger partial charge in [-0.05, 0) is 147 Å². The Morgan fingerprint density at radius 1 is 0.636 bits per heavy atom. The molecule has 66 heavy (non-hydrogen) atoms. The summed E-state index contributed by atoms with van der Waals surface area (Å²) in [6.45, 7) is 26.9. The van der Waals surface area contributed by atoms with Gasteiger partial charge in [0.2, 0.25) is 20.9 Å². The highest BCUT2D eigenvalue weighted by Gasteiger charge is 2.21. The van der Waals surface area contributed by atoms with Crippen LogP contribution in [0.15, 0.2) is 84.4 Å². The molecule has 2 fully saturated rings. The molecule has 2 aromatic carbocycles. The van der Waals surface area contributed by atoms with Crippen LogP contribution >= 0.6 is 31.9 Å². The highest BCUT2D eigenvalue weighted by Crippen LogP contribution is 2.26. The molecule has 0 aliphatic carbocycles. The molecule has 0 atom stereocenters. The zero-order chi connectivity index (χ0) is 48.0. The van der Waals surface area contributed by atoms with E-state index in [9.17, 15) is 18.0 Å². The molecule has 354 valence electrons. The third-order valence-electron chi connectivity index (χ3n) is 11.8. The summed E-state index contributed by atoms with van der Waals surface area (Å²) in [5.74, 6) is 0.491. The van der Waals surface area contributed by atoms with Crippen LogP contribution < -0.4 is 32.0 Å². The van der Waals surface area contributed by atoms with E-state index >= 15 is 0 Å². The van der Waals surface area contributed by atoms with Crippen LogP contribution in [0.25, 0.3) is 22.1 Å². The number of rotatable bonds is 9. The first-order chi connectivity index (χ1) is 31.3. The Kier molecular flexibility index (Phi) is 16.7. The van der Waals surface area contributed by atoms with Crippen molar-refractivity contribution in [2.75, 3.05) is 92.6 Å². The van der Waals surface area contributed by atoms with E-state index in [2.05, 4.69) is 127 Å². The SMILES string of the molecule is CCN1CCN(c2ccc(N)cc2)CC1.CCN1CCN(c2ccc(Nc3nc(C)c4cc(Br)c(=O)n(C(C)C)c4n3)cc2)CC1.Cc1nc(S(C)(=O)=O)nc2c1cc(Br)c(=O)n2C(C)C. The summed E-state index contributed by atoms with van der Waals surface area (Å²) in [5.41, 5.74) is 11.9. The van der Waals surface area contributed by atoms with Gasteiger partial charge >= 0.3 is 0 Å². The lowest BCUT2D eigenvalue weighted by Gasteiger charge is -2.35. The van der Waals surface area contributed by atoms with Gasteiger partial charge in [-0.1, -0.05) is 13.8 Å². The molecule has 0 saturated carbocycles. The lowest BCUT2D eigenvalue weighted by atomic mass is 10.2. The molecule has 0 spiro atoms. The summed E-state index contributed by atoms with van der Waals surface area (Å²) in [4.78, 5) is 52.1. The van der Waals surface area contributed by atoms with Crippen LogP contribution in [0.1, 0.15) is 65.0 Å². The van der Waals surface area contributed by atoms with Gasteiger partial charge in [-0.25, -0.2) is 18.4 Å². The molecular formula is C47H62Br2N12O4S. The topological polar surface area (TPSA) is 181 Å². The number of hydrogen-bond donors (Lipinski definition) is 2. The standard InChI is InChI=1S/C23H29BrN6O.C12H14BrN3O3S.C12H19N3/c1-5-28-10-12-29(13-11-28)18-8-6-17(7-9-18)26-23-25-16(4)19-14-20(24)22(31)30(15(2)3)21(19)27-23;1-6(2)16-10-8(5-9(13)11(16)17)7(3)14-12(15-10)20(4,18)19;1-2-14-7-9-15(10-8-14)12-5-3-11(13)4-6-12/h6-9,14-15H,5,10-13H2,1-4H3,(H,25,26,27);5-6H,1-4H3;3-6H,2,7-10,13H2,1H3. The molecule has 0 bridgehead atoms. The van der Waals surface area contributed by atoms with Crippen LogP contribution in [0, 0.1) is 13.8 Å². The van der Waals surface area contributed by atoms with E-state index < -0.39 is 9.84 Å². The van der Waals surface area contributed by atoms with Gasteiger partial charge in [0, 0.05) is 104 Å². The minimum atomic E-state index is -3.53. The van der Waals surface area contributed by atoms with E-state index in [-0.39, 0.29) is 28.4 Å². The molecule has 6 aromatic rings. The Morgan fingerprint density at radius 3 is 1.45 bits per heavy atom. The monoisotopic (exact) mass is 1050 g/mol. The number of fused-ring (bicyclic) bond motifs is 2. The average molecular weight is 1050 g/mol. The fourth-order valence-corrected chi connectivity index (χ4v) is 9.40. The van der Waals surface area contributed by atoms with Crippen molar-refractivity contribution in [3.05, 3.63) is 102 Å². The van der Waals surface area contributed by atoms with Crippen molar-refractivity contribution in [2.24, 2.45) is 0 Å². The maximum Gasteiger partial charge on any atom is 0.266 e. The van der Waals surface area contributed by atoms with Crippen LogP contribution in [0.4, 0.5) is 28.7 Å². The fourth-order valence-electron chi connectivity index (χ4n) is 8.01. The Bertz CT molecular complexity index is 2880. The number of nitrogens with zero attached hydrogens (tertiary/aromatic N) is 10. The highest BCUT2D eigenvalue weighted by molar-refractivity contribution is 9.10. The number of nitrogens with one attached hydrogen (secondary N) is 1. The number of sulfone groups is 1. The smallest absolute Gasteiger partial charge is 0.266 e. The van der Waals surface area contributed by atoms with E-state index in [0.717, 1.165) is 81.1 Å². The normalized spacial score (nSPS) is 14.9. The zero-order valence-corrected chi connectivity index (χ0v) is 43.3. The van der Waals surface area contributed by atoms with Crippen molar-refractivity contribution in [1.82, 2.24) is 38.9 Å². The predicted octanol–water partition coefficient (Wildman–Crippen LogP) is 7.59. The summed E-state index contributed by atoms with van der Waals surface area (Å²) in [5, 5.41) is 4.56. The number of piperazine rings is 2. The number of benzene rings is 2. The van der Waals surface area contributed by atoms with E-state index in [0.29, 0.717) is 37.3 Å². The zero-order valence-electron chi connectivity index (χ0n) is 39.3.